The zero-order valence-electron chi connectivity index (χ0n) is 21.9. The zero-order valence-corrected chi connectivity index (χ0v) is 21.9. The second-order valence-corrected chi connectivity index (χ2v) is 9.97. The van der Waals surface area contributed by atoms with Crippen LogP contribution in [0.1, 0.15) is 68.1 Å². The second kappa shape index (κ2) is 13.1. The lowest BCUT2D eigenvalue weighted by molar-refractivity contribution is -0.141. The van der Waals surface area contributed by atoms with E-state index in [0.29, 0.717) is 6.54 Å². The molecule has 1 saturated carbocycles. The van der Waals surface area contributed by atoms with Crippen molar-refractivity contribution in [1.29, 1.82) is 0 Å². The maximum absolute atomic E-state index is 14.0. The number of amides is 2. The molecular formula is C32H38N2O3. The number of ether oxygens (including phenoxy) is 1. The van der Waals surface area contributed by atoms with Crippen LogP contribution in [0, 0.1) is 0 Å². The van der Waals surface area contributed by atoms with Gasteiger partial charge in [-0.15, -0.1) is 0 Å². The van der Waals surface area contributed by atoms with E-state index in [1.165, 1.54) is 6.42 Å². The minimum atomic E-state index is -0.590. The first-order valence-corrected chi connectivity index (χ1v) is 13.4. The Hall–Kier alpha value is -3.60. The molecule has 1 atom stereocenters. The summed E-state index contributed by atoms with van der Waals surface area (Å²) >= 11 is 0. The summed E-state index contributed by atoms with van der Waals surface area (Å²) in [7, 11) is 1.63. The average molecular weight is 499 g/mol. The minimum absolute atomic E-state index is 0.0492. The van der Waals surface area contributed by atoms with Crippen LogP contribution in [0.15, 0.2) is 84.9 Å². The normalized spacial score (nSPS) is 14.7. The molecule has 1 aliphatic carbocycles. The van der Waals surface area contributed by atoms with E-state index in [9.17, 15) is 9.59 Å². The van der Waals surface area contributed by atoms with Crippen molar-refractivity contribution in [3.05, 3.63) is 102 Å². The van der Waals surface area contributed by atoms with Gasteiger partial charge in [-0.2, -0.15) is 0 Å². The first-order chi connectivity index (χ1) is 18.0. The summed E-state index contributed by atoms with van der Waals surface area (Å²) in [6, 6.07) is 27.6. The highest BCUT2D eigenvalue weighted by molar-refractivity contribution is 5.88. The molecule has 2 amide bonds. The molecule has 37 heavy (non-hydrogen) atoms. The van der Waals surface area contributed by atoms with Crippen molar-refractivity contribution in [2.24, 2.45) is 0 Å². The Bertz CT molecular complexity index is 1100. The van der Waals surface area contributed by atoms with Crippen LogP contribution in [0.3, 0.4) is 0 Å². The van der Waals surface area contributed by atoms with Crippen LogP contribution in [-0.4, -0.2) is 35.9 Å². The van der Waals surface area contributed by atoms with E-state index in [2.05, 4.69) is 29.6 Å². The number of hydrogen-bond donors (Lipinski definition) is 1. The van der Waals surface area contributed by atoms with Crippen LogP contribution < -0.4 is 10.1 Å². The van der Waals surface area contributed by atoms with Gasteiger partial charge >= 0.3 is 0 Å². The molecule has 0 radical (unpaired) electrons. The van der Waals surface area contributed by atoms with Crippen molar-refractivity contribution >= 4 is 11.8 Å². The summed E-state index contributed by atoms with van der Waals surface area (Å²) in [5, 5.41) is 3.22. The molecule has 1 aliphatic rings. The van der Waals surface area contributed by atoms with Crippen LogP contribution in [0.5, 0.6) is 5.75 Å². The Morgan fingerprint density at radius 1 is 0.892 bits per heavy atom. The summed E-state index contributed by atoms with van der Waals surface area (Å²) in [4.78, 5) is 29.1. The number of rotatable bonds is 10. The first kappa shape index (κ1) is 26.5. The van der Waals surface area contributed by atoms with Crippen molar-refractivity contribution < 1.29 is 14.3 Å². The predicted octanol–water partition coefficient (Wildman–Crippen LogP) is 6.08. The highest BCUT2D eigenvalue weighted by atomic mass is 16.5. The molecule has 4 rings (SSSR count). The highest BCUT2D eigenvalue weighted by Gasteiger charge is 2.30. The quantitative estimate of drug-likeness (QED) is 0.368. The van der Waals surface area contributed by atoms with E-state index in [1.54, 1.807) is 12.0 Å². The topological polar surface area (TPSA) is 58.6 Å². The minimum Gasteiger partial charge on any atom is -0.497 e. The maximum atomic E-state index is 14.0. The summed E-state index contributed by atoms with van der Waals surface area (Å²) in [6.07, 6.45) is 5.80. The molecule has 0 spiro atoms. The molecule has 1 unspecified atom stereocenters. The molecule has 0 aliphatic heterocycles. The molecule has 1 fully saturated rings. The second-order valence-electron chi connectivity index (χ2n) is 9.97. The van der Waals surface area contributed by atoms with Crippen molar-refractivity contribution in [1.82, 2.24) is 10.2 Å². The van der Waals surface area contributed by atoms with Crippen molar-refractivity contribution in [3.8, 4) is 5.75 Å². The molecule has 5 heteroatoms. The summed E-state index contributed by atoms with van der Waals surface area (Å²) in [5.41, 5.74) is 3.10. The van der Waals surface area contributed by atoms with Crippen molar-refractivity contribution in [3.63, 3.8) is 0 Å². The molecule has 0 bridgehead atoms. The van der Waals surface area contributed by atoms with E-state index >= 15 is 0 Å². The van der Waals surface area contributed by atoms with Crippen LogP contribution in [0.2, 0.25) is 0 Å². The number of benzene rings is 3. The lowest BCUT2D eigenvalue weighted by Gasteiger charge is -2.32. The van der Waals surface area contributed by atoms with Gasteiger partial charge in [0.1, 0.15) is 11.8 Å². The summed E-state index contributed by atoms with van der Waals surface area (Å²) in [6.45, 7) is 2.18. The fraction of sp³-hybridized carbons (Fsp3) is 0.375. The number of nitrogens with zero attached hydrogens (tertiary/aromatic N) is 1. The predicted molar refractivity (Wildman–Crippen MR) is 147 cm³/mol. The molecule has 1 N–H and O–H groups in total. The fourth-order valence-electron chi connectivity index (χ4n) is 5.21. The van der Waals surface area contributed by atoms with Crippen LogP contribution >= 0.6 is 0 Å². The van der Waals surface area contributed by atoms with Gasteiger partial charge in [-0.25, -0.2) is 0 Å². The number of carbonyl (C=O) groups is 2. The van der Waals surface area contributed by atoms with Crippen LogP contribution in [0.25, 0.3) is 0 Å². The van der Waals surface area contributed by atoms with Gasteiger partial charge in [0.2, 0.25) is 11.8 Å². The van der Waals surface area contributed by atoms with Gasteiger partial charge in [0.05, 0.1) is 7.11 Å². The van der Waals surface area contributed by atoms with Crippen LogP contribution in [0.4, 0.5) is 0 Å². The SMILES string of the molecule is COc1cccc(CN(C(=O)CC(c2ccccc2)c2ccccc2)C(C)C(=O)NC2CCCCC2)c1. The van der Waals surface area contributed by atoms with Crippen LogP contribution in [-0.2, 0) is 16.1 Å². The van der Waals surface area contributed by atoms with Gasteiger partial charge < -0.3 is 15.0 Å². The molecule has 0 saturated heterocycles. The lowest BCUT2D eigenvalue weighted by atomic mass is 9.88. The van der Waals surface area contributed by atoms with Crippen molar-refractivity contribution in [2.45, 2.75) is 70.0 Å². The Kier molecular flexibility index (Phi) is 9.36. The molecule has 3 aromatic rings. The average Bonchev–Trinajstić information content (AvgIpc) is 2.95. The highest BCUT2D eigenvalue weighted by Crippen LogP contribution is 2.30. The molecular weight excluding hydrogens is 460 g/mol. The zero-order chi connectivity index (χ0) is 26.0. The third kappa shape index (κ3) is 7.22. The van der Waals surface area contributed by atoms with Gasteiger partial charge in [-0.05, 0) is 48.6 Å². The van der Waals surface area contributed by atoms with E-state index in [-0.39, 0.29) is 30.2 Å². The lowest BCUT2D eigenvalue weighted by Crippen LogP contribution is -2.50. The Morgan fingerprint density at radius 2 is 1.51 bits per heavy atom. The largest absolute Gasteiger partial charge is 0.497 e. The van der Waals surface area contributed by atoms with E-state index in [4.69, 9.17) is 4.74 Å². The van der Waals surface area contributed by atoms with Gasteiger partial charge in [0, 0.05) is 24.9 Å². The third-order valence-electron chi connectivity index (χ3n) is 7.39. The maximum Gasteiger partial charge on any atom is 0.242 e. The van der Waals surface area contributed by atoms with E-state index in [0.717, 1.165) is 48.1 Å². The molecule has 5 nitrogen and oxygen atoms in total. The molecule has 194 valence electrons. The van der Waals surface area contributed by atoms with Gasteiger partial charge in [-0.3, -0.25) is 9.59 Å². The Balaban J connectivity index is 1.60. The first-order valence-electron chi connectivity index (χ1n) is 13.4. The Morgan fingerprint density at radius 3 is 2.11 bits per heavy atom. The Labute approximate surface area is 220 Å². The molecule has 0 aromatic heterocycles. The van der Waals surface area contributed by atoms with E-state index in [1.807, 2.05) is 67.6 Å². The van der Waals surface area contributed by atoms with Gasteiger partial charge in [-0.1, -0.05) is 92.1 Å². The monoisotopic (exact) mass is 498 g/mol. The van der Waals surface area contributed by atoms with E-state index < -0.39 is 6.04 Å². The molecule has 3 aromatic carbocycles. The number of methoxy groups -OCH3 is 1. The number of hydrogen-bond acceptors (Lipinski definition) is 3. The fourth-order valence-corrected chi connectivity index (χ4v) is 5.21. The smallest absolute Gasteiger partial charge is 0.242 e. The number of carbonyl (C=O) groups excluding carboxylic acids is 2. The number of nitrogens with one attached hydrogen (secondary N) is 1. The van der Waals surface area contributed by atoms with Gasteiger partial charge in [0.15, 0.2) is 0 Å². The van der Waals surface area contributed by atoms with Crippen molar-refractivity contribution in [2.75, 3.05) is 7.11 Å². The van der Waals surface area contributed by atoms with Gasteiger partial charge in [0.25, 0.3) is 0 Å². The standard InChI is InChI=1S/C32H38N2O3/c1-24(32(36)33-28-18-10-5-11-19-28)34(23-25-13-12-20-29(21-25)37-2)31(35)22-30(26-14-6-3-7-15-26)27-16-8-4-9-17-27/h3-4,6-9,12-17,20-21,24,28,30H,5,10-11,18-19,22-23H2,1-2H3,(H,33,36). The third-order valence-corrected chi connectivity index (χ3v) is 7.39. The molecule has 0 heterocycles. The summed E-state index contributed by atoms with van der Waals surface area (Å²) in [5.74, 6) is 0.498. The summed E-state index contributed by atoms with van der Waals surface area (Å²) < 4.78 is 5.40.